The predicted molar refractivity (Wildman–Crippen MR) is 85.6 cm³/mol. The number of aliphatic hydroxyl groups excluding tert-OH is 1. The highest BCUT2D eigenvalue weighted by Crippen LogP contribution is 2.31. The largest absolute Gasteiger partial charge is 0.488 e. The maximum absolute atomic E-state index is 9.11. The molecule has 112 valence electrons. The van der Waals surface area contributed by atoms with Gasteiger partial charge in [0.25, 0.3) is 0 Å². The topological polar surface area (TPSA) is 58.1 Å². The Morgan fingerprint density at radius 3 is 2.64 bits per heavy atom. The van der Waals surface area contributed by atoms with Crippen molar-refractivity contribution in [1.29, 1.82) is 0 Å². The number of hydrogen-bond donors (Lipinski definition) is 2. The van der Waals surface area contributed by atoms with Gasteiger partial charge in [-0.25, -0.2) is 0 Å². The van der Waals surface area contributed by atoms with Crippen LogP contribution in [0.1, 0.15) is 11.1 Å². The van der Waals surface area contributed by atoms with Gasteiger partial charge < -0.3 is 9.84 Å². The Labute approximate surface area is 129 Å². The molecule has 3 aromatic rings. The second kappa shape index (κ2) is 6.91. The summed E-state index contributed by atoms with van der Waals surface area (Å²) in [6, 6.07) is 16.1. The van der Waals surface area contributed by atoms with E-state index in [1.165, 1.54) is 0 Å². The number of rotatable bonds is 6. The summed E-state index contributed by atoms with van der Waals surface area (Å²) in [5, 5.41) is 15.9. The zero-order valence-corrected chi connectivity index (χ0v) is 12.2. The fourth-order valence-corrected chi connectivity index (χ4v) is 2.35. The second-order valence-corrected chi connectivity index (χ2v) is 5.07. The van der Waals surface area contributed by atoms with E-state index < -0.39 is 0 Å². The third kappa shape index (κ3) is 3.35. The number of aromatic amines is 1. The van der Waals surface area contributed by atoms with Gasteiger partial charge in [-0.1, -0.05) is 36.4 Å². The zero-order valence-electron chi connectivity index (χ0n) is 12.2. The highest BCUT2D eigenvalue weighted by molar-refractivity contribution is 5.70. The van der Waals surface area contributed by atoms with Crippen LogP contribution in [0.2, 0.25) is 0 Å². The molecule has 0 atom stereocenters. The number of nitrogens with one attached hydrogen (secondary N) is 1. The Morgan fingerprint density at radius 1 is 1.05 bits per heavy atom. The van der Waals surface area contributed by atoms with E-state index in [0.29, 0.717) is 13.0 Å². The average Bonchev–Trinajstić information content (AvgIpc) is 3.09. The molecule has 22 heavy (non-hydrogen) atoms. The summed E-state index contributed by atoms with van der Waals surface area (Å²) in [6.45, 7) is 0.653. The summed E-state index contributed by atoms with van der Waals surface area (Å²) >= 11 is 0. The minimum atomic E-state index is 0.134. The van der Waals surface area contributed by atoms with E-state index in [0.717, 1.165) is 28.0 Å². The number of ether oxygens (including phenoxy) is 1. The molecule has 0 aliphatic rings. The molecule has 0 unspecified atom stereocenters. The summed E-state index contributed by atoms with van der Waals surface area (Å²) in [5.41, 5.74) is 4.16. The molecule has 0 radical (unpaired) electrons. The van der Waals surface area contributed by atoms with Crippen LogP contribution in [-0.4, -0.2) is 21.9 Å². The van der Waals surface area contributed by atoms with Gasteiger partial charge in [0.05, 0.1) is 6.20 Å². The van der Waals surface area contributed by atoms with Crippen molar-refractivity contribution in [2.45, 2.75) is 13.0 Å². The van der Waals surface area contributed by atoms with E-state index in [4.69, 9.17) is 9.84 Å². The van der Waals surface area contributed by atoms with Crippen molar-refractivity contribution < 1.29 is 9.84 Å². The van der Waals surface area contributed by atoms with Crippen molar-refractivity contribution in [3.63, 3.8) is 0 Å². The molecule has 4 nitrogen and oxygen atoms in total. The zero-order chi connectivity index (χ0) is 15.2. The third-order valence-electron chi connectivity index (χ3n) is 3.49. The lowest BCUT2D eigenvalue weighted by molar-refractivity contribution is 0.298. The third-order valence-corrected chi connectivity index (χ3v) is 3.49. The molecule has 3 rings (SSSR count). The number of hydrogen-bond acceptors (Lipinski definition) is 3. The molecule has 0 bridgehead atoms. The van der Waals surface area contributed by atoms with Gasteiger partial charge in [0.2, 0.25) is 0 Å². The minimum Gasteiger partial charge on any atom is -0.488 e. The predicted octanol–water partition coefficient (Wildman–Crippen LogP) is 3.19. The van der Waals surface area contributed by atoms with Crippen molar-refractivity contribution in [1.82, 2.24) is 10.2 Å². The van der Waals surface area contributed by atoms with Crippen LogP contribution in [0.25, 0.3) is 11.1 Å². The average molecular weight is 294 g/mol. The standard InChI is InChI=1S/C18H18N2O2/c21-9-8-14-6-7-18(17(10-14)16-11-19-20-12-16)22-13-15-4-2-1-3-5-15/h1-7,10-12,21H,8-9,13H2,(H,19,20). The molecule has 2 aromatic carbocycles. The maximum Gasteiger partial charge on any atom is 0.127 e. The van der Waals surface area contributed by atoms with Crippen molar-refractivity contribution in [3.8, 4) is 16.9 Å². The molecule has 0 saturated heterocycles. The van der Waals surface area contributed by atoms with Gasteiger partial charge in [-0.3, -0.25) is 5.10 Å². The molecule has 0 spiro atoms. The molecule has 4 heteroatoms. The Balaban J connectivity index is 1.86. The fraction of sp³-hybridized carbons (Fsp3) is 0.167. The number of aromatic nitrogens is 2. The Hall–Kier alpha value is -2.59. The molecule has 0 fully saturated rings. The summed E-state index contributed by atoms with van der Waals surface area (Å²) in [7, 11) is 0. The van der Waals surface area contributed by atoms with Gasteiger partial charge in [-0.15, -0.1) is 0 Å². The number of nitrogens with zero attached hydrogens (tertiary/aromatic N) is 1. The van der Waals surface area contributed by atoms with Crippen LogP contribution in [-0.2, 0) is 13.0 Å². The second-order valence-electron chi connectivity index (χ2n) is 5.07. The van der Waals surface area contributed by atoms with Crippen LogP contribution >= 0.6 is 0 Å². The molecular formula is C18H18N2O2. The fourth-order valence-electron chi connectivity index (χ4n) is 2.35. The Kier molecular flexibility index (Phi) is 4.51. The SMILES string of the molecule is OCCc1ccc(OCc2ccccc2)c(-c2cn[nH]c2)c1. The first kappa shape index (κ1) is 14.4. The Morgan fingerprint density at radius 2 is 1.91 bits per heavy atom. The van der Waals surface area contributed by atoms with Crippen LogP contribution in [0.5, 0.6) is 5.75 Å². The molecule has 0 aliphatic heterocycles. The van der Waals surface area contributed by atoms with Crippen LogP contribution in [0.4, 0.5) is 0 Å². The van der Waals surface area contributed by atoms with Gasteiger partial charge in [-0.2, -0.15) is 5.10 Å². The molecule has 0 aliphatic carbocycles. The van der Waals surface area contributed by atoms with Gasteiger partial charge in [0, 0.05) is 23.9 Å². The number of H-pyrrole nitrogens is 1. The number of benzene rings is 2. The molecule has 2 N–H and O–H groups in total. The van der Waals surface area contributed by atoms with Crippen molar-refractivity contribution in [2.24, 2.45) is 0 Å². The first-order chi connectivity index (χ1) is 10.9. The van der Waals surface area contributed by atoms with E-state index >= 15 is 0 Å². The van der Waals surface area contributed by atoms with Crippen LogP contribution < -0.4 is 4.74 Å². The quantitative estimate of drug-likeness (QED) is 0.734. The summed E-state index contributed by atoms with van der Waals surface area (Å²) in [5.74, 6) is 0.812. The van der Waals surface area contributed by atoms with E-state index in [1.54, 1.807) is 6.20 Å². The lowest BCUT2D eigenvalue weighted by Gasteiger charge is -2.12. The van der Waals surface area contributed by atoms with E-state index in [9.17, 15) is 0 Å². The summed E-state index contributed by atoms with van der Waals surface area (Å²) in [4.78, 5) is 0. The van der Waals surface area contributed by atoms with Crippen molar-refractivity contribution in [3.05, 3.63) is 72.1 Å². The molecule has 1 heterocycles. The highest BCUT2D eigenvalue weighted by atomic mass is 16.5. The van der Waals surface area contributed by atoms with Gasteiger partial charge in [-0.05, 0) is 29.7 Å². The normalized spacial score (nSPS) is 10.6. The number of aliphatic hydroxyl groups is 1. The molecule has 0 amide bonds. The lowest BCUT2D eigenvalue weighted by atomic mass is 10.0. The van der Waals surface area contributed by atoms with E-state index in [-0.39, 0.29) is 6.61 Å². The minimum absolute atomic E-state index is 0.134. The van der Waals surface area contributed by atoms with Gasteiger partial charge in [0.15, 0.2) is 0 Å². The lowest BCUT2D eigenvalue weighted by Crippen LogP contribution is -1.98. The van der Waals surface area contributed by atoms with E-state index in [1.807, 2.05) is 54.7 Å². The molecule has 1 aromatic heterocycles. The van der Waals surface area contributed by atoms with Crippen LogP contribution in [0.3, 0.4) is 0 Å². The van der Waals surface area contributed by atoms with Crippen molar-refractivity contribution >= 4 is 0 Å². The van der Waals surface area contributed by atoms with E-state index in [2.05, 4.69) is 10.2 Å². The molecular weight excluding hydrogens is 276 g/mol. The van der Waals surface area contributed by atoms with Crippen LogP contribution in [0.15, 0.2) is 60.9 Å². The van der Waals surface area contributed by atoms with Crippen LogP contribution in [0, 0.1) is 0 Å². The van der Waals surface area contributed by atoms with Crippen molar-refractivity contribution in [2.75, 3.05) is 6.61 Å². The Bertz CT molecular complexity index is 709. The van der Waals surface area contributed by atoms with Gasteiger partial charge >= 0.3 is 0 Å². The first-order valence-corrected chi connectivity index (χ1v) is 7.26. The first-order valence-electron chi connectivity index (χ1n) is 7.26. The molecule has 0 saturated carbocycles. The smallest absolute Gasteiger partial charge is 0.127 e. The highest BCUT2D eigenvalue weighted by Gasteiger charge is 2.09. The van der Waals surface area contributed by atoms with Gasteiger partial charge in [0.1, 0.15) is 12.4 Å². The monoisotopic (exact) mass is 294 g/mol. The summed E-state index contributed by atoms with van der Waals surface area (Å²) in [6.07, 6.45) is 4.24. The summed E-state index contributed by atoms with van der Waals surface area (Å²) < 4.78 is 5.98. The maximum atomic E-state index is 9.11.